The van der Waals surface area contributed by atoms with E-state index < -0.39 is 12.1 Å². The van der Waals surface area contributed by atoms with E-state index >= 15 is 0 Å². The molecule has 1 aliphatic heterocycles. The maximum absolute atomic E-state index is 12.2. The van der Waals surface area contributed by atoms with Crippen molar-refractivity contribution in [1.29, 1.82) is 0 Å². The fourth-order valence-electron chi connectivity index (χ4n) is 2.80. The summed E-state index contributed by atoms with van der Waals surface area (Å²) in [5.41, 5.74) is 2.95. The maximum atomic E-state index is 12.2. The average Bonchev–Trinajstić information content (AvgIpc) is 3.16. The van der Waals surface area contributed by atoms with Gasteiger partial charge in [0, 0.05) is 6.54 Å². The number of amides is 1. The number of esters is 1. The molecule has 1 heterocycles. The second-order valence-corrected chi connectivity index (χ2v) is 6.90. The Kier molecular flexibility index (Phi) is 6.59. The van der Waals surface area contributed by atoms with E-state index in [0.29, 0.717) is 18.0 Å². The molecule has 1 N–H and O–H groups in total. The lowest BCUT2D eigenvalue weighted by Crippen LogP contribution is -2.35. The van der Waals surface area contributed by atoms with E-state index in [1.54, 1.807) is 13.0 Å². The lowest BCUT2D eigenvalue weighted by Gasteiger charge is -2.14. The number of carbonyl (C=O) groups excluding carboxylic acids is 2. The van der Waals surface area contributed by atoms with E-state index in [4.69, 9.17) is 18.9 Å². The molecule has 0 bridgehead atoms. The predicted octanol–water partition coefficient (Wildman–Crippen LogP) is 3.05. The van der Waals surface area contributed by atoms with Gasteiger partial charge in [-0.15, -0.1) is 0 Å². The minimum absolute atomic E-state index is 0.0627. The third kappa shape index (κ3) is 5.63. The summed E-state index contributed by atoms with van der Waals surface area (Å²) in [6.07, 6.45) is -0.829. The van der Waals surface area contributed by atoms with Crippen LogP contribution in [-0.4, -0.2) is 31.4 Å². The van der Waals surface area contributed by atoms with Crippen LogP contribution in [0.3, 0.4) is 0 Å². The van der Waals surface area contributed by atoms with Gasteiger partial charge in [0.25, 0.3) is 5.91 Å². The number of ether oxygens (including phenoxy) is 4. The Balaban J connectivity index is 1.39. The fraction of sp³-hybridized carbons (Fsp3) is 0.364. The number of aryl methyl sites for hydroxylation is 2. The Morgan fingerprint density at radius 3 is 2.72 bits per heavy atom. The molecule has 7 heteroatoms. The highest BCUT2D eigenvalue weighted by Gasteiger charge is 2.18. The molecule has 1 aliphatic rings. The van der Waals surface area contributed by atoms with Crippen molar-refractivity contribution >= 4 is 11.9 Å². The van der Waals surface area contributed by atoms with Crippen molar-refractivity contribution in [3.8, 4) is 17.2 Å². The van der Waals surface area contributed by atoms with Crippen molar-refractivity contribution in [1.82, 2.24) is 5.32 Å². The summed E-state index contributed by atoms with van der Waals surface area (Å²) in [6.45, 7) is 6.15. The summed E-state index contributed by atoms with van der Waals surface area (Å²) >= 11 is 0. The maximum Gasteiger partial charge on any atom is 0.310 e. The molecule has 0 unspecified atom stereocenters. The number of fused-ring (bicyclic) bond motifs is 1. The van der Waals surface area contributed by atoms with Crippen LogP contribution in [0.4, 0.5) is 0 Å². The van der Waals surface area contributed by atoms with Gasteiger partial charge in [0.1, 0.15) is 5.75 Å². The van der Waals surface area contributed by atoms with Gasteiger partial charge in [-0.2, -0.15) is 0 Å². The Labute approximate surface area is 169 Å². The Hall–Kier alpha value is -3.22. The first-order chi connectivity index (χ1) is 13.9. The van der Waals surface area contributed by atoms with Crippen molar-refractivity contribution in [2.45, 2.75) is 39.8 Å². The fourth-order valence-corrected chi connectivity index (χ4v) is 2.80. The van der Waals surface area contributed by atoms with E-state index in [1.165, 1.54) is 0 Å². The number of carbonyl (C=O) groups is 2. The van der Waals surface area contributed by atoms with Crippen LogP contribution in [0.1, 0.15) is 30.0 Å². The topological polar surface area (TPSA) is 83.1 Å². The molecule has 29 heavy (non-hydrogen) atoms. The molecule has 0 saturated carbocycles. The predicted molar refractivity (Wildman–Crippen MR) is 106 cm³/mol. The highest BCUT2D eigenvalue weighted by atomic mass is 16.7. The number of hydrogen-bond acceptors (Lipinski definition) is 6. The molecule has 3 rings (SSSR count). The van der Waals surface area contributed by atoms with Gasteiger partial charge in [0.15, 0.2) is 17.6 Å². The number of hydrogen-bond donors (Lipinski definition) is 1. The minimum Gasteiger partial charge on any atom is -0.493 e. The van der Waals surface area contributed by atoms with Gasteiger partial charge in [-0.1, -0.05) is 18.2 Å². The summed E-state index contributed by atoms with van der Waals surface area (Å²) in [4.78, 5) is 24.2. The van der Waals surface area contributed by atoms with E-state index in [-0.39, 0.29) is 25.7 Å². The highest BCUT2D eigenvalue weighted by molar-refractivity contribution is 5.83. The molecule has 0 aliphatic carbocycles. The van der Waals surface area contributed by atoms with Gasteiger partial charge >= 0.3 is 5.97 Å². The summed E-state index contributed by atoms with van der Waals surface area (Å²) < 4.78 is 21.4. The first kappa shape index (κ1) is 20.5. The molecule has 2 aromatic carbocycles. The largest absolute Gasteiger partial charge is 0.493 e. The molecule has 154 valence electrons. The van der Waals surface area contributed by atoms with Gasteiger partial charge in [0.05, 0.1) is 13.0 Å². The third-order valence-corrected chi connectivity index (χ3v) is 4.49. The average molecular weight is 399 g/mol. The molecular weight excluding hydrogens is 374 g/mol. The summed E-state index contributed by atoms with van der Waals surface area (Å²) in [5.74, 6) is 1.23. The zero-order chi connectivity index (χ0) is 20.8. The molecule has 7 nitrogen and oxygen atoms in total. The highest BCUT2D eigenvalue weighted by Crippen LogP contribution is 2.32. The van der Waals surface area contributed by atoms with Crippen LogP contribution in [0.25, 0.3) is 0 Å². The standard InChI is InChI=1S/C22H25NO6/c1-14-4-5-15(2)19(10-14)26-9-8-21(24)29-16(3)22(25)23-12-17-6-7-18-20(11-17)28-13-27-18/h4-7,10-11,16H,8-9,12-13H2,1-3H3,(H,23,25)/t16-/m0/s1. The first-order valence-electron chi connectivity index (χ1n) is 9.48. The van der Waals surface area contributed by atoms with Crippen LogP contribution < -0.4 is 19.5 Å². The molecule has 0 saturated heterocycles. The Bertz CT molecular complexity index is 895. The van der Waals surface area contributed by atoms with E-state index in [1.807, 2.05) is 44.2 Å². The van der Waals surface area contributed by atoms with E-state index in [9.17, 15) is 9.59 Å². The van der Waals surface area contributed by atoms with Crippen LogP contribution in [0.2, 0.25) is 0 Å². The monoisotopic (exact) mass is 399 g/mol. The molecule has 2 aromatic rings. The van der Waals surface area contributed by atoms with Crippen molar-refractivity contribution in [3.63, 3.8) is 0 Å². The molecular formula is C22H25NO6. The Morgan fingerprint density at radius 1 is 1.10 bits per heavy atom. The first-order valence-corrected chi connectivity index (χ1v) is 9.48. The molecule has 0 radical (unpaired) electrons. The van der Waals surface area contributed by atoms with Gasteiger partial charge in [-0.05, 0) is 55.7 Å². The van der Waals surface area contributed by atoms with Crippen LogP contribution in [0, 0.1) is 13.8 Å². The summed E-state index contributed by atoms with van der Waals surface area (Å²) in [5, 5.41) is 2.75. The normalized spacial score (nSPS) is 12.9. The second kappa shape index (κ2) is 9.32. The van der Waals surface area contributed by atoms with Gasteiger partial charge < -0.3 is 24.3 Å². The lowest BCUT2D eigenvalue weighted by molar-refractivity contribution is -0.155. The lowest BCUT2D eigenvalue weighted by atomic mass is 10.1. The van der Waals surface area contributed by atoms with Gasteiger partial charge in [0.2, 0.25) is 6.79 Å². The van der Waals surface area contributed by atoms with Gasteiger partial charge in [-0.25, -0.2) is 0 Å². The summed E-state index contributed by atoms with van der Waals surface area (Å²) in [7, 11) is 0. The SMILES string of the molecule is Cc1ccc(C)c(OCCC(=O)O[C@@H](C)C(=O)NCc2ccc3c(c2)OCO3)c1. The van der Waals surface area contributed by atoms with Crippen LogP contribution in [0.5, 0.6) is 17.2 Å². The number of nitrogens with one attached hydrogen (secondary N) is 1. The summed E-state index contributed by atoms with van der Waals surface area (Å²) in [6, 6.07) is 11.3. The zero-order valence-electron chi connectivity index (χ0n) is 16.8. The molecule has 0 aromatic heterocycles. The van der Waals surface area contributed by atoms with Crippen molar-refractivity contribution in [2.24, 2.45) is 0 Å². The van der Waals surface area contributed by atoms with Crippen molar-refractivity contribution < 1.29 is 28.5 Å². The smallest absolute Gasteiger partial charge is 0.310 e. The van der Waals surface area contributed by atoms with Gasteiger partial charge in [-0.3, -0.25) is 9.59 Å². The molecule has 0 spiro atoms. The zero-order valence-corrected chi connectivity index (χ0v) is 16.8. The Morgan fingerprint density at radius 2 is 1.90 bits per heavy atom. The second-order valence-electron chi connectivity index (χ2n) is 6.90. The van der Waals surface area contributed by atoms with Crippen LogP contribution in [0.15, 0.2) is 36.4 Å². The van der Waals surface area contributed by atoms with Crippen molar-refractivity contribution in [2.75, 3.05) is 13.4 Å². The number of benzene rings is 2. The quantitative estimate of drug-likeness (QED) is 0.687. The van der Waals surface area contributed by atoms with E-state index in [2.05, 4.69) is 5.32 Å². The minimum atomic E-state index is -0.891. The molecule has 1 atom stereocenters. The molecule has 0 fully saturated rings. The number of rotatable bonds is 8. The van der Waals surface area contributed by atoms with Crippen LogP contribution >= 0.6 is 0 Å². The third-order valence-electron chi connectivity index (χ3n) is 4.49. The molecule has 1 amide bonds. The van der Waals surface area contributed by atoms with Crippen LogP contribution in [-0.2, 0) is 20.9 Å². The van der Waals surface area contributed by atoms with Crippen molar-refractivity contribution in [3.05, 3.63) is 53.1 Å². The van der Waals surface area contributed by atoms with E-state index in [0.717, 1.165) is 22.4 Å².